The second kappa shape index (κ2) is 4.30. The molecule has 1 aromatic carbocycles. The minimum absolute atomic E-state index is 0.197. The highest BCUT2D eigenvalue weighted by molar-refractivity contribution is 5.98. The smallest absolute Gasteiger partial charge is 0.425 e. The van der Waals surface area contributed by atoms with E-state index in [9.17, 15) is 18.0 Å². The molecule has 5 nitrogen and oxygen atoms in total. The second-order valence-electron chi connectivity index (χ2n) is 3.62. The maximum Gasteiger partial charge on any atom is 0.491 e. The van der Waals surface area contributed by atoms with Crippen LogP contribution in [0.25, 0.3) is 11.0 Å². The van der Waals surface area contributed by atoms with Crippen molar-refractivity contribution in [3.8, 4) is 5.95 Å². The molecule has 2 aromatic rings. The number of rotatable bonds is 2. The van der Waals surface area contributed by atoms with Crippen LogP contribution in [0.2, 0.25) is 0 Å². The van der Waals surface area contributed by atoms with Gasteiger partial charge in [-0.15, -0.1) is 0 Å². The van der Waals surface area contributed by atoms with Crippen molar-refractivity contribution >= 4 is 22.8 Å². The Morgan fingerprint density at radius 1 is 1.32 bits per heavy atom. The van der Waals surface area contributed by atoms with E-state index in [1.54, 1.807) is 0 Å². The summed E-state index contributed by atoms with van der Waals surface area (Å²) in [5.74, 6) is -3.13. The van der Waals surface area contributed by atoms with Crippen LogP contribution in [-0.2, 0) is 4.79 Å². The number of nitrogens with two attached hydrogens (primary N) is 1. The van der Waals surface area contributed by atoms with E-state index in [2.05, 4.69) is 4.74 Å². The van der Waals surface area contributed by atoms with Gasteiger partial charge in [0.1, 0.15) is 11.4 Å². The number of fused-ring (bicyclic) bond motifs is 1. The van der Waals surface area contributed by atoms with Gasteiger partial charge in [-0.05, 0) is 18.2 Å². The maximum atomic E-state index is 12.0. The molecule has 0 spiro atoms. The normalized spacial score (nSPS) is 11.5. The lowest BCUT2D eigenvalue weighted by atomic mass is 10.1. The number of carbonyl (C=O) groups excluding carboxylic acids is 1. The summed E-state index contributed by atoms with van der Waals surface area (Å²) in [4.78, 5) is 10.6. The summed E-state index contributed by atoms with van der Waals surface area (Å²) in [6, 6.07) is 5.43. The zero-order valence-electron chi connectivity index (χ0n) is 9.25. The van der Waals surface area contributed by atoms with Crippen molar-refractivity contribution in [3.63, 3.8) is 0 Å². The SMILES string of the molecule is N=C(N)c1ccc2oc(OC(=O)C(F)(F)F)cc2c1. The Morgan fingerprint density at radius 3 is 2.58 bits per heavy atom. The van der Waals surface area contributed by atoms with Crippen molar-refractivity contribution in [2.45, 2.75) is 6.18 Å². The molecule has 0 atom stereocenters. The molecule has 1 heterocycles. The van der Waals surface area contributed by atoms with E-state index in [1.807, 2.05) is 0 Å². The Kier molecular flexibility index (Phi) is 2.93. The highest BCUT2D eigenvalue weighted by atomic mass is 19.4. The number of benzene rings is 1. The Bertz CT molecular complexity index is 661. The van der Waals surface area contributed by atoms with Gasteiger partial charge in [-0.25, -0.2) is 4.79 Å². The summed E-state index contributed by atoms with van der Waals surface area (Å²) < 4.78 is 45.0. The average molecular weight is 272 g/mol. The van der Waals surface area contributed by atoms with Crippen LogP contribution in [0.15, 0.2) is 28.7 Å². The number of amidine groups is 1. The molecule has 8 heteroatoms. The van der Waals surface area contributed by atoms with Crippen molar-refractivity contribution in [1.29, 1.82) is 5.41 Å². The second-order valence-corrected chi connectivity index (χ2v) is 3.62. The third-order valence-electron chi connectivity index (χ3n) is 2.23. The fourth-order valence-corrected chi connectivity index (χ4v) is 1.39. The molecule has 0 bridgehead atoms. The van der Waals surface area contributed by atoms with Gasteiger partial charge in [0.05, 0.1) is 0 Å². The number of hydrogen-bond donors (Lipinski definition) is 2. The number of esters is 1. The molecule has 0 saturated heterocycles. The van der Waals surface area contributed by atoms with E-state index in [-0.39, 0.29) is 11.4 Å². The fraction of sp³-hybridized carbons (Fsp3) is 0.0909. The third kappa shape index (κ3) is 2.67. The van der Waals surface area contributed by atoms with E-state index in [0.29, 0.717) is 10.9 Å². The van der Waals surface area contributed by atoms with Gasteiger partial charge in [-0.2, -0.15) is 13.2 Å². The molecule has 0 saturated carbocycles. The van der Waals surface area contributed by atoms with Crippen LogP contribution in [0.3, 0.4) is 0 Å². The Labute approximate surface area is 104 Å². The van der Waals surface area contributed by atoms with Crippen molar-refractivity contribution < 1.29 is 27.1 Å². The molecule has 0 aliphatic heterocycles. The quantitative estimate of drug-likeness (QED) is 0.498. The summed E-state index contributed by atoms with van der Waals surface area (Å²) in [6.45, 7) is 0. The van der Waals surface area contributed by atoms with E-state index >= 15 is 0 Å². The first-order valence-corrected chi connectivity index (χ1v) is 4.94. The van der Waals surface area contributed by atoms with Gasteiger partial charge in [-0.3, -0.25) is 5.41 Å². The predicted octanol–water partition coefficient (Wildman–Crippen LogP) is 2.18. The number of carbonyl (C=O) groups is 1. The molecule has 0 unspecified atom stereocenters. The van der Waals surface area contributed by atoms with Crippen molar-refractivity contribution in [2.24, 2.45) is 5.73 Å². The monoisotopic (exact) mass is 272 g/mol. The Morgan fingerprint density at radius 2 is 2.00 bits per heavy atom. The van der Waals surface area contributed by atoms with Gasteiger partial charge in [-0.1, -0.05) is 0 Å². The molecule has 0 radical (unpaired) electrons. The molecule has 19 heavy (non-hydrogen) atoms. The first kappa shape index (κ1) is 12.9. The van der Waals surface area contributed by atoms with Crippen LogP contribution in [0, 0.1) is 5.41 Å². The first-order chi connectivity index (χ1) is 8.77. The summed E-state index contributed by atoms with van der Waals surface area (Å²) in [5.41, 5.74) is 5.86. The third-order valence-corrected chi connectivity index (χ3v) is 2.23. The van der Waals surface area contributed by atoms with E-state index < -0.39 is 18.1 Å². The number of furan rings is 1. The number of hydrogen-bond acceptors (Lipinski definition) is 4. The van der Waals surface area contributed by atoms with E-state index in [0.717, 1.165) is 6.07 Å². The molecule has 100 valence electrons. The highest BCUT2D eigenvalue weighted by Crippen LogP contribution is 2.27. The Balaban J connectivity index is 2.32. The fourth-order valence-electron chi connectivity index (χ4n) is 1.39. The summed E-state index contributed by atoms with van der Waals surface area (Å²) in [7, 11) is 0. The van der Waals surface area contributed by atoms with Crippen molar-refractivity contribution in [3.05, 3.63) is 29.8 Å². The van der Waals surface area contributed by atoms with Gasteiger partial charge in [0, 0.05) is 17.0 Å². The number of alkyl halides is 3. The minimum Gasteiger partial charge on any atom is -0.425 e. The van der Waals surface area contributed by atoms with Gasteiger partial charge in [0.2, 0.25) is 0 Å². The van der Waals surface area contributed by atoms with Gasteiger partial charge < -0.3 is 14.9 Å². The van der Waals surface area contributed by atoms with Crippen LogP contribution in [0.4, 0.5) is 13.2 Å². The lowest BCUT2D eigenvalue weighted by Gasteiger charge is -2.02. The number of ether oxygens (including phenoxy) is 1. The van der Waals surface area contributed by atoms with Crippen LogP contribution in [0.5, 0.6) is 5.95 Å². The minimum atomic E-state index is -5.09. The standard InChI is InChI=1S/C11H7F3N2O3/c12-11(13,14)10(17)19-8-4-6-3-5(9(15)16)1-2-7(6)18-8/h1-4H,(H3,15,16). The molecule has 3 N–H and O–H groups in total. The van der Waals surface area contributed by atoms with Gasteiger partial charge in [0.25, 0.3) is 5.95 Å². The topological polar surface area (TPSA) is 89.3 Å². The van der Waals surface area contributed by atoms with E-state index in [1.165, 1.54) is 18.2 Å². The Hall–Kier alpha value is -2.51. The molecule has 0 aliphatic rings. The van der Waals surface area contributed by atoms with Crippen molar-refractivity contribution in [2.75, 3.05) is 0 Å². The van der Waals surface area contributed by atoms with Crippen LogP contribution < -0.4 is 10.5 Å². The van der Waals surface area contributed by atoms with Crippen molar-refractivity contribution in [1.82, 2.24) is 0 Å². The summed E-state index contributed by atoms with van der Waals surface area (Å²) in [6.07, 6.45) is -5.09. The molecule has 0 fully saturated rings. The van der Waals surface area contributed by atoms with Crippen LogP contribution >= 0.6 is 0 Å². The molecule has 1 aromatic heterocycles. The lowest BCUT2D eigenvalue weighted by Crippen LogP contribution is -2.27. The zero-order chi connectivity index (χ0) is 14.2. The molecule has 0 aliphatic carbocycles. The first-order valence-electron chi connectivity index (χ1n) is 4.94. The predicted molar refractivity (Wildman–Crippen MR) is 58.9 cm³/mol. The molecule has 2 rings (SSSR count). The number of halogens is 3. The molecular weight excluding hydrogens is 265 g/mol. The maximum absolute atomic E-state index is 12.0. The van der Waals surface area contributed by atoms with E-state index in [4.69, 9.17) is 15.6 Å². The van der Waals surface area contributed by atoms with Gasteiger partial charge >= 0.3 is 12.1 Å². The number of nitrogens with one attached hydrogen (secondary N) is 1. The lowest BCUT2D eigenvalue weighted by molar-refractivity contribution is -0.190. The highest BCUT2D eigenvalue weighted by Gasteiger charge is 2.42. The summed E-state index contributed by atoms with van der Waals surface area (Å²) >= 11 is 0. The zero-order valence-corrected chi connectivity index (χ0v) is 9.25. The average Bonchev–Trinajstić information content (AvgIpc) is 2.68. The number of nitrogen functional groups attached to an aromatic ring is 1. The molecular formula is C11H7F3N2O3. The molecule has 0 amide bonds. The van der Waals surface area contributed by atoms with Crippen LogP contribution in [0.1, 0.15) is 5.56 Å². The summed E-state index contributed by atoms with van der Waals surface area (Å²) in [5, 5.41) is 7.60. The van der Waals surface area contributed by atoms with Crippen LogP contribution in [-0.4, -0.2) is 18.0 Å². The largest absolute Gasteiger partial charge is 0.491 e. The van der Waals surface area contributed by atoms with Gasteiger partial charge in [0.15, 0.2) is 0 Å².